The van der Waals surface area contributed by atoms with Crippen LogP contribution < -0.4 is 0 Å². The van der Waals surface area contributed by atoms with E-state index in [-0.39, 0.29) is 37.1 Å². The van der Waals surface area contributed by atoms with E-state index in [0.717, 1.165) is 23.2 Å². The van der Waals surface area contributed by atoms with Crippen LogP contribution in [-0.4, -0.2) is 15.9 Å². The third kappa shape index (κ3) is 9.02. The Kier molecular flexibility index (Phi) is 11.1. The average molecular weight is 651 g/mol. The number of benzene rings is 2. The second-order valence-corrected chi connectivity index (χ2v) is 11.1. The van der Waals surface area contributed by atoms with Crippen LogP contribution in [0, 0.1) is 16.9 Å². The molecule has 3 aromatic rings. The number of nitrogens with zero attached hydrogens (tertiary/aromatic N) is 1. The number of ketones is 1. The molecule has 2 aromatic carbocycles. The number of hydrogen-bond acceptors (Lipinski definition) is 3. The van der Waals surface area contributed by atoms with Gasteiger partial charge < -0.3 is 5.11 Å². The number of aromatic nitrogens is 1. The largest absolute Gasteiger partial charge is 0.512 e. The molecule has 1 heterocycles. The van der Waals surface area contributed by atoms with Crippen LogP contribution in [0.25, 0.3) is 22.2 Å². The van der Waals surface area contributed by atoms with Gasteiger partial charge in [0.15, 0.2) is 5.78 Å². The Morgan fingerprint density at radius 1 is 1.00 bits per heavy atom. The minimum absolute atomic E-state index is 0. The molecule has 0 atom stereocenters. The zero-order valence-electron chi connectivity index (χ0n) is 22.6. The molecule has 191 valence electrons. The van der Waals surface area contributed by atoms with Crippen molar-refractivity contribution in [3.05, 3.63) is 77.6 Å². The van der Waals surface area contributed by atoms with Crippen molar-refractivity contribution in [3.8, 4) is 11.3 Å². The summed E-state index contributed by atoms with van der Waals surface area (Å²) in [6.07, 6.45) is 2.33. The number of aliphatic hydroxyl groups is 1. The first-order chi connectivity index (χ1) is 15.7. The van der Waals surface area contributed by atoms with E-state index in [1.807, 2.05) is 53.7 Å². The van der Waals surface area contributed by atoms with E-state index in [1.165, 1.54) is 22.6 Å². The molecule has 0 saturated heterocycles. The van der Waals surface area contributed by atoms with Gasteiger partial charge in [0.1, 0.15) is 5.76 Å². The standard InChI is InChI=1S/C20H20N.C11H20O2.Ir/c1-4-15-11-17(14(2)3)13-18(12-15)20-10-9-16-7-5-6-8-19(16)21-20;1-10(2,3)8(12)7-9(13)11(4,5)6;/h5-11,13-14H,4H2,1-3H3;7,12H,1-6H3;/q-1;;/b;8-7-;. The van der Waals surface area contributed by atoms with Crippen LogP contribution in [0.5, 0.6) is 0 Å². The second-order valence-electron chi connectivity index (χ2n) is 11.1. The number of pyridine rings is 1. The molecule has 0 aliphatic rings. The van der Waals surface area contributed by atoms with Gasteiger partial charge in [-0.2, -0.15) is 0 Å². The summed E-state index contributed by atoms with van der Waals surface area (Å²) in [5.74, 6) is 0.622. The fourth-order valence-corrected chi connectivity index (χ4v) is 3.09. The van der Waals surface area contributed by atoms with Gasteiger partial charge in [-0.1, -0.05) is 92.6 Å². The molecule has 0 bridgehead atoms. The molecule has 0 amide bonds. The molecule has 4 heteroatoms. The predicted octanol–water partition coefficient (Wildman–Crippen LogP) is 8.47. The normalized spacial score (nSPS) is 12.1. The molecule has 0 aliphatic heterocycles. The first-order valence-corrected chi connectivity index (χ1v) is 12.1. The number of hydrogen-bond donors (Lipinski definition) is 1. The van der Waals surface area contributed by atoms with E-state index < -0.39 is 5.41 Å². The van der Waals surface area contributed by atoms with Crippen LogP contribution in [0.2, 0.25) is 0 Å². The summed E-state index contributed by atoms with van der Waals surface area (Å²) in [4.78, 5) is 16.3. The Morgan fingerprint density at radius 2 is 1.63 bits per heavy atom. The van der Waals surface area contributed by atoms with Gasteiger partial charge in [0.2, 0.25) is 0 Å². The van der Waals surface area contributed by atoms with Gasteiger partial charge in [-0.3, -0.25) is 9.78 Å². The monoisotopic (exact) mass is 651 g/mol. The van der Waals surface area contributed by atoms with E-state index in [4.69, 9.17) is 4.98 Å². The van der Waals surface area contributed by atoms with Crippen LogP contribution in [0.1, 0.15) is 79.4 Å². The van der Waals surface area contributed by atoms with E-state index in [0.29, 0.717) is 5.92 Å². The molecule has 0 fully saturated rings. The van der Waals surface area contributed by atoms with Crippen molar-refractivity contribution in [3.63, 3.8) is 0 Å². The number of aryl methyl sites for hydroxylation is 1. The number of allylic oxidation sites excluding steroid dienone is 2. The molecule has 0 spiro atoms. The van der Waals surface area contributed by atoms with Gasteiger partial charge in [-0.05, 0) is 29.5 Å². The summed E-state index contributed by atoms with van der Waals surface area (Å²) < 4.78 is 0. The summed E-state index contributed by atoms with van der Waals surface area (Å²) in [6, 6.07) is 20.5. The van der Waals surface area contributed by atoms with Crippen LogP contribution in [0.15, 0.2) is 60.4 Å². The molecule has 0 saturated carbocycles. The average Bonchev–Trinajstić information content (AvgIpc) is 2.77. The van der Waals surface area contributed by atoms with Crippen molar-refractivity contribution in [1.29, 1.82) is 0 Å². The second kappa shape index (κ2) is 12.6. The van der Waals surface area contributed by atoms with E-state index in [1.54, 1.807) is 0 Å². The molecule has 3 rings (SSSR count). The van der Waals surface area contributed by atoms with Crippen LogP contribution in [-0.2, 0) is 31.3 Å². The Morgan fingerprint density at radius 3 is 2.17 bits per heavy atom. The molecule has 0 aliphatic carbocycles. The summed E-state index contributed by atoms with van der Waals surface area (Å²) in [6.45, 7) is 17.7. The summed E-state index contributed by atoms with van der Waals surface area (Å²) in [5, 5.41) is 10.7. The number of aliphatic hydroxyl groups excluding tert-OH is 1. The minimum Gasteiger partial charge on any atom is -0.512 e. The molecule has 3 nitrogen and oxygen atoms in total. The van der Waals surface area contributed by atoms with Crippen LogP contribution in [0.4, 0.5) is 0 Å². The summed E-state index contributed by atoms with van der Waals surface area (Å²) in [7, 11) is 0. The molecule has 1 radical (unpaired) electrons. The van der Waals surface area contributed by atoms with Crippen molar-refractivity contribution in [2.75, 3.05) is 0 Å². The molecule has 35 heavy (non-hydrogen) atoms. The molecule has 1 aromatic heterocycles. The van der Waals surface area contributed by atoms with Crippen molar-refractivity contribution in [1.82, 2.24) is 4.98 Å². The predicted molar refractivity (Wildman–Crippen MR) is 144 cm³/mol. The van der Waals surface area contributed by atoms with Crippen molar-refractivity contribution in [2.24, 2.45) is 10.8 Å². The zero-order chi connectivity index (χ0) is 25.7. The van der Waals surface area contributed by atoms with Crippen LogP contribution >= 0.6 is 0 Å². The molecule has 1 N–H and O–H groups in total. The maximum absolute atomic E-state index is 11.5. The number of carbonyl (C=O) groups is 1. The van der Waals surface area contributed by atoms with Gasteiger partial charge in [0.05, 0.1) is 5.52 Å². The fraction of sp³-hybridized carbons (Fsp3) is 0.419. The van der Waals surface area contributed by atoms with Crippen LogP contribution in [0.3, 0.4) is 0 Å². The minimum atomic E-state index is -0.417. The van der Waals surface area contributed by atoms with E-state index in [2.05, 4.69) is 63.2 Å². The van der Waals surface area contributed by atoms with Gasteiger partial charge in [-0.15, -0.1) is 34.9 Å². The third-order valence-electron chi connectivity index (χ3n) is 5.64. The van der Waals surface area contributed by atoms with Gasteiger partial charge in [-0.25, -0.2) is 0 Å². The smallest absolute Gasteiger partial charge is 0.164 e. The molecular weight excluding hydrogens is 611 g/mol. The van der Waals surface area contributed by atoms with Gasteiger partial charge >= 0.3 is 0 Å². The van der Waals surface area contributed by atoms with E-state index in [9.17, 15) is 9.90 Å². The fourth-order valence-electron chi connectivity index (χ4n) is 3.09. The summed E-state index contributed by atoms with van der Waals surface area (Å²) in [5.41, 5.74) is 4.99. The maximum atomic E-state index is 11.5. The van der Waals surface area contributed by atoms with Gasteiger partial charge in [0.25, 0.3) is 0 Å². The quantitative estimate of drug-likeness (QED) is 0.175. The first-order valence-electron chi connectivity index (χ1n) is 12.1. The number of rotatable bonds is 4. The SMILES string of the molecule is CC(C)(C)C(=O)/C=C(\O)C(C)(C)C.CCc1[c-]c(-c2ccc3ccccc3n2)cc(C(C)C)c1.[Ir]. The van der Waals surface area contributed by atoms with Crippen molar-refractivity contribution < 1.29 is 30.0 Å². The topological polar surface area (TPSA) is 50.2 Å². The zero-order valence-corrected chi connectivity index (χ0v) is 25.0. The van der Waals surface area contributed by atoms with Crippen molar-refractivity contribution >= 4 is 16.7 Å². The number of fused-ring (bicyclic) bond motifs is 1. The van der Waals surface area contributed by atoms with E-state index >= 15 is 0 Å². The first kappa shape index (κ1) is 30.7. The summed E-state index contributed by atoms with van der Waals surface area (Å²) >= 11 is 0. The third-order valence-corrected chi connectivity index (χ3v) is 5.64. The Hall–Kier alpha value is -2.29. The number of carbonyl (C=O) groups excluding carboxylic acids is 1. The van der Waals surface area contributed by atoms with Gasteiger partial charge in [0, 0.05) is 37.0 Å². The molecular formula is C31H40IrNO2-. The Labute approximate surface area is 225 Å². The Balaban J connectivity index is 0.000000383. The Bertz CT molecular complexity index is 1160. The number of para-hydroxylation sites is 1. The maximum Gasteiger partial charge on any atom is 0.164 e. The molecule has 0 unspecified atom stereocenters. The van der Waals surface area contributed by atoms with Crippen molar-refractivity contribution in [2.45, 2.75) is 74.7 Å².